The summed E-state index contributed by atoms with van der Waals surface area (Å²) < 4.78 is 16.9. The molecular formula is C19H21NO4. The summed E-state index contributed by atoms with van der Waals surface area (Å²) in [6, 6.07) is 12.4. The van der Waals surface area contributed by atoms with Gasteiger partial charge in [-0.15, -0.1) is 0 Å². The molecule has 2 N–H and O–H groups in total. The second kappa shape index (κ2) is 6.81. The second-order valence-corrected chi connectivity index (χ2v) is 6.02. The van der Waals surface area contributed by atoms with Gasteiger partial charge in [0.1, 0.15) is 13.2 Å². The first-order valence-corrected chi connectivity index (χ1v) is 8.30. The number of hydrogen-bond acceptors (Lipinski definition) is 5. The fourth-order valence-electron chi connectivity index (χ4n) is 3.23. The minimum atomic E-state index is -0.0407. The van der Waals surface area contributed by atoms with Gasteiger partial charge in [0.25, 0.3) is 0 Å². The number of fused-ring (bicyclic) bond motifs is 1. The van der Waals surface area contributed by atoms with E-state index in [9.17, 15) is 5.11 Å². The van der Waals surface area contributed by atoms with E-state index in [1.807, 2.05) is 18.2 Å². The van der Waals surface area contributed by atoms with Gasteiger partial charge >= 0.3 is 0 Å². The van der Waals surface area contributed by atoms with Gasteiger partial charge in [-0.25, -0.2) is 0 Å². The lowest BCUT2D eigenvalue weighted by Crippen LogP contribution is -2.34. The Morgan fingerprint density at radius 2 is 1.88 bits per heavy atom. The summed E-state index contributed by atoms with van der Waals surface area (Å²) in [5, 5.41) is 13.2. The SMILES string of the molecule is OCc1cc2c(cc1-c1cccc(C3COCCN3)c1)OCCO2. The van der Waals surface area contributed by atoms with E-state index in [0.717, 1.165) is 35.6 Å². The molecule has 2 aliphatic rings. The monoisotopic (exact) mass is 327 g/mol. The standard InChI is InChI=1S/C19H21NO4/c21-11-15-9-18-19(24-7-6-23-18)10-16(15)13-2-1-3-14(8-13)17-12-22-5-4-20-17/h1-3,8-10,17,20-21H,4-7,11-12H2. The highest BCUT2D eigenvalue weighted by Gasteiger charge is 2.19. The highest BCUT2D eigenvalue weighted by Crippen LogP contribution is 2.38. The molecule has 0 saturated carbocycles. The molecule has 126 valence electrons. The maximum Gasteiger partial charge on any atom is 0.162 e. The maximum absolute atomic E-state index is 9.77. The van der Waals surface area contributed by atoms with Crippen LogP contribution in [-0.2, 0) is 11.3 Å². The molecule has 2 heterocycles. The smallest absolute Gasteiger partial charge is 0.162 e. The zero-order valence-electron chi connectivity index (χ0n) is 13.5. The van der Waals surface area contributed by atoms with Crippen molar-refractivity contribution < 1.29 is 19.3 Å². The number of benzene rings is 2. The Balaban J connectivity index is 1.72. The normalized spacial score (nSPS) is 20.0. The van der Waals surface area contributed by atoms with Crippen molar-refractivity contribution in [3.8, 4) is 22.6 Å². The van der Waals surface area contributed by atoms with Gasteiger partial charge in [0.05, 0.1) is 25.9 Å². The van der Waals surface area contributed by atoms with Crippen molar-refractivity contribution in [2.75, 3.05) is 33.0 Å². The average Bonchev–Trinajstić information content (AvgIpc) is 2.67. The van der Waals surface area contributed by atoms with E-state index in [1.165, 1.54) is 5.56 Å². The van der Waals surface area contributed by atoms with E-state index >= 15 is 0 Å². The van der Waals surface area contributed by atoms with Crippen LogP contribution in [0.25, 0.3) is 11.1 Å². The van der Waals surface area contributed by atoms with Crippen LogP contribution in [0.5, 0.6) is 11.5 Å². The molecule has 4 rings (SSSR count). The van der Waals surface area contributed by atoms with Crippen molar-refractivity contribution in [3.63, 3.8) is 0 Å². The minimum absolute atomic E-state index is 0.0407. The van der Waals surface area contributed by atoms with Crippen LogP contribution in [0.15, 0.2) is 36.4 Å². The molecule has 1 fully saturated rings. The first-order valence-electron chi connectivity index (χ1n) is 8.30. The molecular weight excluding hydrogens is 306 g/mol. The number of rotatable bonds is 3. The summed E-state index contributed by atoms with van der Waals surface area (Å²) in [6.45, 7) is 3.35. The molecule has 2 aliphatic heterocycles. The highest BCUT2D eigenvalue weighted by molar-refractivity contribution is 5.72. The van der Waals surface area contributed by atoms with Gasteiger partial charge in [-0.05, 0) is 40.5 Å². The Kier molecular flexibility index (Phi) is 4.38. The molecule has 5 nitrogen and oxygen atoms in total. The average molecular weight is 327 g/mol. The summed E-state index contributed by atoms with van der Waals surface area (Å²) in [6.07, 6.45) is 0. The van der Waals surface area contributed by atoms with E-state index in [-0.39, 0.29) is 12.6 Å². The Labute approximate surface area is 141 Å². The van der Waals surface area contributed by atoms with Gasteiger partial charge in [-0.2, -0.15) is 0 Å². The van der Waals surface area contributed by atoms with E-state index < -0.39 is 0 Å². The third kappa shape index (κ3) is 2.98. The van der Waals surface area contributed by atoms with Crippen LogP contribution in [0.1, 0.15) is 17.2 Å². The first kappa shape index (κ1) is 15.4. The number of hydrogen-bond donors (Lipinski definition) is 2. The van der Waals surface area contributed by atoms with E-state index in [0.29, 0.717) is 25.6 Å². The van der Waals surface area contributed by atoms with Gasteiger partial charge in [0.15, 0.2) is 11.5 Å². The lowest BCUT2D eigenvalue weighted by molar-refractivity contribution is 0.0769. The van der Waals surface area contributed by atoms with Gasteiger partial charge in [-0.1, -0.05) is 18.2 Å². The van der Waals surface area contributed by atoms with Crippen LogP contribution in [0, 0.1) is 0 Å². The molecule has 5 heteroatoms. The number of aliphatic hydroxyl groups excluding tert-OH is 1. The van der Waals surface area contributed by atoms with E-state index in [2.05, 4.69) is 23.5 Å². The largest absolute Gasteiger partial charge is 0.486 e. The van der Waals surface area contributed by atoms with Crippen molar-refractivity contribution in [2.45, 2.75) is 12.6 Å². The van der Waals surface area contributed by atoms with Gasteiger partial charge in [0, 0.05) is 6.54 Å². The fraction of sp³-hybridized carbons (Fsp3) is 0.368. The molecule has 0 radical (unpaired) electrons. The molecule has 0 bridgehead atoms. The van der Waals surface area contributed by atoms with Crippen LogP contribution in [0.2, 0.25) is 0 Å². The van der Waals surface area contributed by atoms with Crippen LogP contribution >= 0.6 is 0 Å². The van der Waals surface area contributed by atoms with Crippen LogP contribution in [-0.4, -0.2) is 38.1 Å². The summed E-state index contributed by atoms with van der Waals surface area (Å²) in [5.41, 5.74) is 4.05. The van der Waals surface area contributed by atoms with Crippen LogP contribution < -0.4 is 14.8 Å². The molecule has 0 aliphatic carbocycles. The van der Waals surface area contributed by atoms with Crippen molar-refractivity contribution in [2.24, 2.45) is 0 Å². The summed E-state index contributed by atoms with van der Waals surface area (Å²) >= 11 is 0. The molecule has 1 saturated heterocycles. The molecule has 0 spiro atoms. The second-order valence-electron chi connectivity index (χ2n) is 6.02. The molecule has 0 aromatic heterocycles. The van der Waals surface area contributed by atoms with Crippen molar-refractivity contribution in [1.82, 2.24) is 5.32 Å². The lowest BCUT2D eigenvalue weighted by atomic mass is 9.95. The predicted molar refractivity (Wildman–Crippen MR) is 90.4 cm³/mol. The molecule has 1 atom stereocenters. The van der Waals surface area contributed by atoms with Gasteiger partial charge in [-0.3, -0.25) is 0 Å². The summed E-state index contributed by atoms with van der Waals surface area (Å²) in [4.78, 5) is 0. The predicted octanol–water partition coefficient (Wildman–Crippen LogP) is 2.28. The van der Waals surface area contributed by atoms with E-state index in [1.54, 1.807) is 0 Å². The van der Waals surface area contributed by atoms with Crippen molar-refractivity contribution in [3.05, 3.63) is 47.5 Å². The van der Waals surface area contributed by atoms with Crippen LogP contribution in [0.3, 0.4) is 0 Å². The Hall–Kier alpha value is -2.08. The molecule has 1 unspecified atom stereocenters. The van der Waals surface area contributed by atoms with Crippen LogP contribution in [0.4, 0.5) is 0 Å². The van der Waals surface area contributed by atoms with Crippen molar-refractivity contribution >= 4 is 0 Å². The lowest BCUT2D eigenvalue weighted by Gasteiger charge is -2.25. The highest BCUT2D eigenvalue weighted by atomic mass is 16.6. The third-order valence-electron chi connectivity index (χ3n) is 4.46. The van der Waals surface area contributed by atoms with E-state index in [4.69, 9.17) is 14.2 Å². The topological polar surface area (TPSA) is 60.0 Å². The zero-order valence-corrected chi connectivity index (χ0v) is 13.5. The quantitative estimate of drug-likeness (QED) is 0.906. The fourth-order valence-corrected chi connectivity index (χ4v) is 3.23. The maximum atomic E-state index is 9.77. The first-order chi connectivity index (χ1) is 11.8. The number of aliphatic hydroxyl groups is 1. The molecule has 24 heavy (non-hydrogen) atoms. The summed E-state index contributed by atoms with van der Waals surface area (Å²) in [7, 11) is 0. The number of ether oxygens (including phenoxy) is 3. The molecule has 2 aromatic carbocycles. The minimum Gasteiger partial charge on any atom is -0.486 e. The summed E-state index contributed by atoms with van der Waals surface area (Å²) in [5.74, 6) is 1.44. The number of nitrogens with one attached hydrogen (secondary N) is 1. The number of morpholine rings is 1. The zero-order chi connectivity index (χ0) is 16.4. The third-order valence-corrected chi connectivity index (χ3v) is 4.46. The van der Waals surface area contributed by atoms with Crippen molar-refractivity contribution in [1.29, 1.82) is 0 Å². The molecule has 0 amide bonds. The van der Waals surface area contributed by atoms with Gasteiger partial charge < -0.3 is 24.6 Å². The Morgan fingerprint density at radius 1 is 1.04 bits per heavy atom. The Morgan fingerprint density at radius 3 is 2.62 bits per heavy atom. The Bertz CT molecular complexity index is 725. The molecule has 2 aromatic rings. The van der Waals surface area contributed by atoms with Gasteiger partial charge in [0.2, 0.25) is 0 Å².